The van der Waals surface area contributed by atoms with Gasteiger partial charge in [-0.3, -0.25) is 4.79 Å². The van der Waals surface area contributed by atoms with E-state index in [2.05, 4.69) is 45.0 Å². The molecule has 1 fully saturated rings. The van der Waals surface area contributed by atoms with Gasteiger partial charge in [0.1, 0.15) is 5.60 Å². The average molecular weight is 454 g/mol. The highest BCUT2D eigenvalue weighted by atomic mass is 28.3. The molecule has 1 unspecified atom stereocenters. The first kappa shape index (κ1) is 24.2. The van der Waals surface area contributed by atoms with Crippen LogP contribution >= 0.6 is 0 Å². The molecule has 3 rings (SSSR count). The lowest BCUT2D eigenvalue weighted by atomic mass is 9.84. The zero-order valence-corrected chi connectivity index (χ0v) is 21.2. The minimum atomic E-state index is -2.08. The number of likely N-dealkylation sites (tertiary alicyclic amines) is 1. The van der Waals surface area contributed by atoms with Gasteiger partial charge in [-0.05, 0) is 43.0 Å². The molecule has 0 aromatic heterocycles. The first-order valence-corrected chi connectivity index (χ1v) is 12.9. The first-order valence-electron chi connectivity index (χ1n) is 11.3. The van der Waals surface area contributed by atoms with Crippen LogP contribution in [-0.2, 0) is 14.0 Å². The molecular formula is C26H35NO4Si. The molecule has 0 spiro atoms. The van der Waals surface area contributed by atoms with Gasteiger partial charge < -0.3 is 9.16 Å². The molecule has 0 N–H and O–H groups in total. The highest BCUT2D eigenvalue weighted by Gasteiger charge is 2.47. The summed E-state index contributed by atoms with van der Waals surface area (Å²) in [4.78, 5) is 27.0. The quantitative estimate of drug-likeness (QED) is 0.645. The Balaban J connectivity index is 1.98. The molecule has 2 aromatic rings. The summed E-state index contributed by atoms with van der Waals surface area (Å²) in [6.45, 7) is 11.8. The van der Waals surface area contributed by atoms with E-state index in [0.29, 0.717) is 12.8 Å². The number of rotatable bonds is 5. The molecule has 0 aliphatic carbocycles. The Morgan fingerprint density at radius 2 is 1.44 bits per heavy atom. The zero-order chi connectivity index (χ0) is 23.5. The van der Waals surface area contributed by atoms with Crippen molar-refractivity contribution in [3.8, 4) is 0 Å². The van der Waals surface area contributed by atoms with E-state index in [9.17, 15) is 9.59 Å². The molecule has 0 bridgehead atoms. The molecule has 32 heavy (non-hydrogen) atoms. The Kier molecular flexibility index (Phi) is 7.25. The fraction of sp³-hybridized carbons (Fsp3) is 0.462. The van der Waals surface area contributed by atoms with Crippen molar-refractivity contribution in [1.82, 2.24) is 4.90 Å². The number of ether oxygens (including phenoxy) is 1. The van der Waals surface area contributed by atoms with Crippen molar-refractivity contribution in [1.29, 1.82) is 0 Å². The smallest absolute Gasteiger partial charge is 0.417 e. The lowest BCUT2D eigenvalue weighted by molar-refractivity contribution is -0.130. The SMILES string of the molecule is CC(C)(C)OC(=O)N1C(=O)CC[C@H]1C(O[SiH](c1ccccc1)c1ccccc1)C(C)(C)C. The number of amides is 2. The molecule has 1 heterocycles. The van der Waals surface area contributed by atoms with Gasteiger partial charge in [0, 0.05) is 6.42 Å². The van der Waals surface area contributed by atoms with Gasteiger partial charge in [0.2, 0.25) is 14.9 Å². The number of imide groups is 1. The Morgan fingerprint density at radius 1 is 0.938 bits per heavy atom. The molecule has 6 heteroatoms. The molecule has 0 radical (unpaired) electrons. The molecule has 1 aliphatic heterocycles. The molecule has 5 nitrogen and oxygen atoms in total. The van der Waals surface area contributed by atoms with E-state index < -0.39 is 20.7 Å². The summed E-state index contributed by atoms with van der Waals surface area (Å²) in [7, 11) is -2.08. The van der Waals surface area contributed by atoms with E-state index in [1.54, 1.807) is 0 Å². The molecule has 0 saturated carbocycles. The van der Waals surface area contributed by atoms with E-state index in [4.69, 9.17) is 9.16 Å². The van der Waals surface area contributed by atoms with Crippen molar-refractivity contribution in [2.24, 2.45) is 5.41 Å². The number of nitrogens with zero attached hydrogens (tertiary/aromatic N) is 1. The van der Waals surface area contributed by atoms with E-state index >= 15 is 0 Å². The maximum atomic E-state index is 13.0. The van der Waals surface area contributed by atoms with Gasteiger partial charge in [0.25, 0.3) is 0 Å². The number of benzene rings is 2. The number of carbonyl (C=O) groups excluding carboxylic acids is 2. The molecule has 1 saturated heterocycles. The third kappa shape index (κ3) is 5.87. The average Bonchev–Trinajstić information content (AvgIpc) is 3.09. The monoisotopic (exact) mass is 453 g/mol. The minimum absolute atomic E-state index is 0.195. The van der Waals surface area contributed by atoms with Crippen molar-refractivity contribution < 1.29 is 18.8 Å². The Labute approximate surface area is 193 Å². The van der Waals surface area contributed by atoms with Crippen LogP contribution in [0.5, 0.6) is 0 Å². The van der Waals surface area contributed by atoms with Gasteiger partial charge in [-0.25, -0.2) is 9.69 Å². The summed E-state index contributed by atoms with van der Waals surface area (Å²) < 4.78 is 12.5. The molecule has 2 aromatic carbocycles. The summed E-state index contributed by atoms with van der Waals surface area (Å²) in [6, 6.07) is 20.2. The largest absolute Gasteiger partial charge is 0.443 e. The van der Waals surface area contributed by atoms with Crippen molar-refractivity contribution >= 4 is 31.4 Å². The lowest BCUT2D eigenvalue weighted by Gasteiger charge is -2.41. The van der Waals surface area contributed by atoms with Crippen molar-refractivity contribution in [3.05, 3.63) is 60.7 Å². The van der Waals surface area contributed by atoms with Crippen LogP contribution in [0.3, 0.4) is 0 Å². The van der Waals surface area contributed by atoms with Gasteiger partial charge in [-0.2, -0.15) is 0 Å². The predicted molar refractivity (Wildman–Crippen MR) is 130 cm³/mol. The number of carbonyl (C=O) groups is 2. The van der Waals surface area contributed by atoms with Gasteiger partial charge in [0.05, 0.1) is 12.1 Å². The van der Waals surface area contributed by atoms with Gasteiger partial charge in [-0.1, -0.05) is 81.4 Å². The van der Waals surface area contributed by atoms with Gasteiger partial charge in [0.15, 0.2) is 0 Å². The van der Waals surface area contributed by atoms with Crippen molar-refractivity contribution in [3.63, 3.8) is 0 Å². The van der Waals surface area contributed by atoms with Crippen LogP contribution in [0.15, 0.2) is 60.7 Å². The summed E-state index contributed by atoms with van der Waals surface area (Å²) in [6.07, 6.45) is -0.00738. The van der Waals surface area contributed by atoms with Crippen LogP contribution in [-0.4, -0.2) is 43.7 Å². The number of hydrogen-bond acceptors (Lipinski definition) is 4. The minimum Gasteiger partial charge on any atom is -0.443 e. The summed E-state index contributed by atoms with van der Waals surface area (Å²) >= 11 is 0. The maximum Gasteiger partial charge on any atom is 0.417 e. The van der Waals surface area contributed by atoms with Crippen LogP contribution < -0.4 is 10.4 Å². The third-order valence-electron chi connectivity index (χ3n) is 5.53. The normalized spacial score (nSPS) is 18.2. The summed E-state index contributed by atoms with van der Waals surface area (Å²) in [5, 5.41) is 2.34. The molecular weight excluding hydrogens is 418 g/mol. The number of hydrogen-bond donors (Lipinski definition) is 0. The van der Waals surface area contributed by atoms with Crippen molar-refractivity contribution in [2.75, 3.05) is 0 Å². The third-order valence-corrected chi connectivity index (χ3v) is 8.08. The fourth-order valence-corrected chi connectivity index (χ4v) is 6.89. The highest BCUT2D eigenvalue weighted by molar-refractivity contribution is 6.80. The van der Waals surface area contributed by atoms with Crippen LogP contribution in [0.2, 0.25) is 0 Å². The van der Waals surface area contributed by atoms with Gasteiger partial charge >= 0.3 is 6.09 Å². The molecule has 2 amide bonds. The van der Waals surface area contributed by atoms with Crippen molar-refractivity contribution in [2.45, 2.75) is 72.1 Å². The molecule has 172 valence electrons. The second-order valence-electron chi connectivity index (χ2n) is 10.5. The van der Waals surface area contributed by atoms with E-state index in [1.807, 2.05) is 57.2 Å². The van der Waals surface area contributed by atoms with E-state index in [-0.39, 0.29) is 23.5 Å². The summed E-state index contributed by atoms with van der Waals surface area (Å²) in [5.41, 5.74) is -0.960. The second kappa shape index (κ2) is 9.59. The zero-order valence-electron chi connectivity index (χ0n) is 20.0. The maximum absolute atomic E-state index is 13.0. The molecule has 1 aliphatic rings. The standard InChI is InChI=1S/C26H35NO4Si/c1-25(2,3)23(21-17-18-22(28)27(21)24(29)30-26(4,5)6)31-32(19-13-9-7-10-14-19)20-15-11-8-12-16-20/h7-16,21,23,32H,17-18H2,1-6H3/t21-,23?/m0/s1. The van der Waals surface area contributed by atoms with E-state index in [1.165, 1.54) is 15.3 Å². The Morgan fingerprint density at radius 3 is 1.88 bits per heavy atom. The predicted octanol–water partition coefficient (Wildman–Crippen LogP) is 3.88. The van der Waals surface area contributed by atoms with Crippen LogP contribution in [0.25, 0.3) is 0 Å². The fourth-order valence-electron chi connectivity index (χ4n) is 4.16. The van der Waals surface area contributed by atoms with Crippen LogP contribution in [0, 0.1) is 5.41 Å². The van der Waals surface area contributed by atoms with Gasteiger partial charge in [-0.15, -0.1) is 0 Å². The molecule has 2 atom stereocenters. The lowest BCUT2D eigenvalue weighted by Crippen LogP contribution is -2.57. The second-order valence-corrected chi connectivity index (χ2v) is 12.8. The van der Waals surface area contributed by atoms with Crippen LogP contribution in [0.1, 0.15) is 54.4 Å². The first-order chi connectivity index (χ1) is 15.0. The Bertz CT molecular complexity index is 879. The summed E-state index contributed by atoms with van der Waals surface area (Å²) in [5.74, 6) is -0.195. The topological polar surface area (TPSA) is 55.8 Å². The van der Waals surface area contributed by atoms with E-state index in [0.717, 1.165) is 0 Å². The van der Waals surface area contributed by atoms with Crippen LogP contribution in [0.4, 0.5) is 4.79 Å². The highest BCUT2D eigenvalue weighted by Crippen LogP contribution is 2.35. The Hall–Kier alpha value is -2.44.